The largest absolute Gasteiger partial charge is 0.352 e. The molecule has 1 aliphatic heterocycles. The van der Waals surface area contributed by atoms with E-state index in [4.69, 9.17) is 0 Å². The number of unbranched alkanes of at least 4 members (excludes halogenated alkanes) is 3. The van der Waals surface area contributed by atoms with E-state index in [0.717, 1.165) is 31.6 Å². The zero-order valence-electron chi connectivity index (χ0n) is 12.2. The Hall–Kier alpha value is -1.00. The molecular formula is C16H24N2OS. The average Bonchev–Trinajstić information content (AvgIpc) is 2.93. The number of rotatable bonds is 8. The van der Waals surface area contributed by atoms with E-state index in [1.165, 1.54) is 36.1 Å². The van der Waals surface area contributed by atoms with Gasteiger partial charge in [-0.25, -0.2) is 0 Å². The molecule has 110 valence electrons. The van der Waals surface area contributed by atoms with E-state index < -0.39 is 0 Å². The highest BCUT2D eigenvalue weighted by molar-refractivity contribution is 7.98. The van der Waals surface area contributed by atoms with Crippen molar-refractivity contribution in [3.63, 3.8) is 0 Å². The molecule has 0 saturated heterocycles. The highest BCUT2D eigenvalue weighted by atomic mass is 32.2. The number of benzene rings is 1. The maximum absolute atomic E-state index is 12.0. The summed E-state index contributed by atoms with van der Waals surface area (Å²) in [4.78, 5) is 12.0. The molecule has 0 radical (unpaired) electrons. The van der Waals surface area contributed by atoms with Crippen LogP contribution in [-0.2, 0) is 13.1 Å². The molecule has 1 aliphatic rings. The van der Waals surface area contributed by atoms with Crippen molar-refractivity contribution in [3.05, 3.63) is 34.9 Å². The van der Waals surface area contributed by atoms with Gasteiger partial charge in [-0.05, 0) is 48.1 Å². The molecule has 1 aromatic rings. The van der Waals surface area contributed by atoms with Gasteiger partial charge in [0.2, 0.25) is 0 Å². The van der Waals surface area contributed by atoms with Crippen LogP contribution in [0.2, 0.25) is 0 Å². The molecule has 0 unspecified atom stereocenters. The Morgan fingerprint density at radius 1 is 1.20 bits per heavy atom. The molecule has 0 spiro atoms. The van der Waals surface area contributed by atoms with Crippen molar-refractivity contribution in [1.82, 2.24) is 10.6 Å². The summed E-state index contributed by atoms with van der Waals surface area (Å²) in [6.07, 6.45) is 6.97. The predicted molar refractivity (Wildman–Crippen MR) is 86.2 cm³/mol. The van der Waals surface area contributed by atoms with Crippen LogP contribution in [0.1, 0.15) is 47.2 Å². The third-order valence-corrected chi connectivity index (χ3v) is 4.36. The standard InChI is InChI=1S/C16H24N2OS/c1-20-9-5-3-2-4-8-18-16(19)13-6-7-14-11-17-12-15(14)10-13/h6-7,10,17H,2-5,8-9,11-12H2,1H3,(H,18,19). The van der Waals surface area contributed by atoms with Crippen molar-refractivity contribution in [3.8, 4) is 0 Å². The predicted octanol–water partition coefficient (Wildman–Crippen LogP) is 2.94. The summed E-state index contributed by atoms with van der Waals surface area (Å²) in [5, 5.41) is 6.31. The first-order valence-corrected chi connectivity index (χ1v) is 8.80. The number of carbonyl (C=O) groups excluding carboxylic acids is 1. The van der Waals surface area contributed by atoms with Gasteiger partial charge in [-0.15, -0.1) is 0 Å². The first-order valence-electron chi connectivity index (χ1n) is 7.41. The highest BCUT2D eigenvalue weighted by Crippen LogP contribution is 2.16. The van der Waals surface area contributed by atoms with Gasteiger partial charge < -0.3 is 10.6 Å². The van der Waals surface area contributed by atoms with Crippen LogP contribution >= 0.6 is 11.8 Å². The van der Waals surface area contributed by atoms with Gasteiger partial charge in [-0.3, -0.25) is 4.79 Å². The molecule has 1 amide bonds. The van der Waals surface area contributed by atoms with Gasteiger partial charge in [0, 0.05) is 25.2 Å². The molecule has 0 aromatic heterocycles. The molecule has 3 nitrogen and oxygen atoms in total. The minimum Gasteiger partial charge on any atom is -0.352 e. The average molecular weight is 292 g/mol. The maximum Gasteiger partial charge on any atom is 0.251 e. The molecule has 0 atom stereocenters. The van der Waals surface area contributed by atoms with Crippen LogP contribution in [-0.4, -0.2) is 24.5 Å². The Kier molecular flexibility index (Phi) is 6.40. The summed E-state index contributed by atoms with van der Waals surface area (Å²) in [6.45, 7) is 2.59. The third-order valence-electron chi connectivity index (χ3n) is 3.66. The normalized spacial score (nSPS) is 13.2. The van der Waals surface area contributed by atoms with Crippen molar-refractivity contribution in [2.45, 2.75) is 38.8 Å². The molecular weight excluding hydrogens is 268 g/mol. The Bertz CT molecular complexity index is 448. The summed E-state index contributed by atoms with van der Waals surface area (Å²) in [5.74, 6) is 1.30. The second-order valence-corrected chi connectivity index (χ2v) is 6.24. The Labute approximate surface area is 125 Å². The SMILES string of the molecule is CSCCCCCCNC(=O)c1ccc2c(c1)CNC2. The fourth-order valence-electron chi connectivity index (χ4n) is 2.46. The molecule has 20 heavy (non-hydrogen) atoms. The second kappa shape index (κ2) is 8.32. The summed E-state index contributed by atoms with van der Waals surface area (Å²) in [7, 11) is 0. The summed E-state index contributed by atoms with van der Waals surface area (Å²) >= 11 is 1.90. The van der Waals surface area contributed by atoms with Crippen molar-refractivity contribution >= 4 is 17.7 Å². The lowest BCUT2D eigenvalue weighted by Gasteiger charge is -2.07. The van der Waals surface area contributed by atoms with Crippen LogP contribution in [0.4, 0.5) is 0 Å². The van der Waals surface area contributed by atoms with Crippen LogP contribution in [0.25, 0.3) is 0 Å². The van der Waals surface area contributed by atoms with Gasteiger partial charge >= 0.3 is 0 Å². The Balaban J connectivity index is 1.67. The molecule has 2 N–H and O–H groups in total. The number of amides is 1. The monoisotopic (exact) mass is 292 g/mol. The van der Waals surface area contributed by atoms with Gasteiger partial charge in [0.25, 0.3) is 5.91 Å². The lowest BCUT2D eigenvalue weighted by molar-refractivity contribution is 0.0953. The quantitative estimate of drug-likeness (QED) is 0.724. The van der Waals surface area contributed by atoms with Crippen LogP contribution in [0.15, 0.2) is 18.2 Å². The zero-order chi connectivity index (χ0) is 14.2. The lowest BCUT2D eigenvalue weighted by Crippen LogP contribution is -2.24. The van der Waals surface area contributed by atoms with Crippen molar-refractivity contribution in [1.29, 1.82) is 0 Å². The molecule has 1 heterocycles. The van der Waals surface area contributed by atoms with Gasteiger partial charge in [-0.1, -0.05) is 18.9 Å². The van der Waals surface area contributed by atoms with E-state index in [1.807, 2.05) is 23.9 Å². The summed E-state index contributed by atoms with van der Waals surface area (Å²) in [5.41, 5.74) is 3.36. The fourth-order valence-corrected chi connectivity index (χ4v) is 2.96. The first-order chi connectivity index (χ1) is 9.81. The van der Waals surface area contributed by atoms with E-state index in [9.17, 15) is 4.79 Å². The molecule has 1 aromatic carbocycles. The number of nitrogens with one attached hydrogen (secondary N) is 2. The lowest BCUT2D eigenvalue weighted by atomic mass is 10.1. The smallest absolute Gasteiger partial charge is 0.251 e. The molecule has 4 heteroatoms. The zero-order valence-corrected chi connectivity index (χ0v) is 13.0. The maximum atomic E-state index is 12.0. The molecule has 0 fully saturated rings. The van der Waals surface area contributed by atoms with Gasteiger partial charge in [0.1, 0.15) is 0 Å². The minimum atomic E-state index is 0.0591. The van der Waals surface area contributed by atoms with Crippen molar-refractivity contribution in [2.75, 3.05) is 18.6 Å². The van der Waals surface area contributed by atoms with Crippen LogP contribution in [0.5, 0.6) is 0 Å². The van der Waals surface area contributed by atoms with Gasteiger partial charge in [-0.2, -0.15) is 11.8 Å². The summed E-state index contributed by atoms with van der Waals surface area (Å²) < 4.78 is 0. The molecule has 0 aliphatic carbocycles. The number of thioether (sulfide) groups is 1. The number of fused-ring (bicyclic) bond motifs is 1. The summed E-state index contributed by atoms with van der Waals surface area (Å²) in [6, 6.07) is 6.01. The van der Waals surface area contributed by atoms with E-state index in [1.54, 1.807) is 0 Å². The number of hydrogen-bond acceptors (Lipinski definition) is 3. The minimum absolute atomic E-state index is 0.0591. The van der Waals surface area contributed by atoms with Crippen LogP contribution in [0.3, 0.4) is 0 Å². The first kappa shape index (κ1) is 15.4. The topological polar surface area (TPSA) is 41.1 Å². The fraction of sp³-hybridized carbons (Fsp3) is 0.562. The van der Waals surface area contributed by atoms with Crippen molar-refractivity contribution in [2.24, 2.45) is 0 Å². The van der Waals surface area contributed by atoms with E-state index in [0.29, 0.717) is 0 Å². The van der Waals surface area contributed by atoms with Crippen LogP contribution < -0.4 is 10.6 Å². The van der Waals surface area contributed by atoms with E-state index in [-0.39, 0.29) is 5.91 Å². The number of carbonyl (C=O) groups is 1. The molecule has 0 bridgehead atoms. The van der Waals surface area contributed by atoms with Crippen LogP contribution in [0, 0.1) is 0 Å². The molecule has 0 saturated carbocycles. The van der Waals surface area contributed by atoms with E-state index in [2.05, 4.69) is 23.0 Å². The van der Waals surface area contributed by atoms with Gasteiger partial charge in [0.15, 0.2) is 0 Å². The van der Waals surface area contributed by atoms with E-state index >= 15 is 0 Å². The highest BCUT2D eigenvalue weighted by Gasteiger charge is 2.12. The second-order valence-electron chi connectivity index (χ2n) is 5.25. The Morgan fingerprint density at radius 2 is 2.00 bits per heavy atom. The van der Waals surface area contributed by atoms with Crippen molar-refractivity contribution < 1.29 is 4.79 Å². The third kappa shape index (κ3) is 4.53. The number of hydrogen-bond donors (Lipinski definition) is 2. The van der Waals surface area contributed by atoms with Gasteiger partial charge in [0.05, 0.1) is 0 Å². The molecule has 2 rings (SSSR count). The Morgan fingerprint density at radius 3 is 2.85 bits per heavy atom.